The summed E-state index contributed by atoms with van der Waals surface area (Å²) in [6.45, 7) is 0.544. The predicted molar refractivity (Wildman–Crippen MR) is 102 cm³/mol. The number of fused-ring (bicyclic) bond motifs is 1. The Kier molecular flexibility index (Phi) is 3.98. The zero-order chi connectivity index (χ0) is 19.1. The van der Waals surface area contributed by atoms with Gasteiger partial charge in [0, 0.05) is 36.9 Å². The number of carbonyl (C=O) groups excluding carboxylic acids is 1. The molecule has 8 heteroatoms. The lowest BCUT2D eigenvalue weighted by Crippen LogP contribution is -2.25. The molecule has 0 spiro atoms. The highest BCUT2D eigenvalue weighted by Crippen LogP contribution is 2.35. The first-order valence-electron chi connectivity index (χ1n) is 9.13. The van der Waals surface area contributed by atoms with Crippen LogP contribution in [0.3, 0.4) is 0 Å². The molecule has 0 bridgehead atoms. The molecule has 2 N–H and O–H groups in total. The highest BCUT2D eigenvalue weighted by molar-refractivity contribution is 5.93. The van der Waals surface area contributed by atoms with Crippen molar-refractivity contribution < 1.29 is 13.9 Å². The van der Waals surface area contributed by atoms with Crippen LogP contribution in [0.2, 0.25) is 0 Å². The first kappa shape index (κ1) is 16.8. The van der Waals surface area contributed by atoms with Crippen molar-refractivity contribution in [1.29, 1.82) is 0 Å². The molecule has 4 heterocycles. The summed E-state index contributed by atoms with van der Waals surface area (Å²) >= 11 is 0. The Morgan fingerprint density at radius 3 is 3.04 bits per heavy atom. The van der Waals surface area contributed by atoms with Crippen LogP contribution in [0, 0.1) is 5.92 Å². The third-order valence-corrected chi connectivity index (χ3v) is 5.00. The normalized spacial score (nSPS) is 19.3. The molecular weight excluding hydrogens is 358 g/mol. The van der Waals surface area contributed by atoms with Crippen molar-refractivity contribution in [3.8, 4) is 11.5 Å². The molecule has 1 saturated heterocycles. The number of H-pyrrole nitrogens is 1. The maximum atomic E-state index is 12.8. The smallest absolute Gasteiger partial charge is 0.231 e. The van der Waals surface area contributed by atoms with Crippen LogP contribution < -0.4 is 5.32 Å². The Morgan fingerprint density at radius 2 is 2.21 bits per heavy atom. The number of furan rings is 1. The topological polar surface area (TPSA) is 98.0 Å². The number of aryl methyl sites for hydroxylation is 1. The van der Waals surface area contributed by atoms with Crippen LogP contribution in [0.25, 0.3) is 22.4 Å². The fourth-order valence-corrected chi connectivity index (χ4v) is 3.62. The van der Waals surface area contributed by atoms with Gasteiger partial charge in [0.25, 0.3) is 0 Å². The molecule has 8 nitrogen and oxygen atoms in total. The SMILES string of the molecule is Cn1cc([C@H]2OCC[C@@H]2C(=O)Nc2cc(-c3cc4ccccc4o3)[nH]n2)cn1. The van der Waals surface area contributed by atoms with Crippen LogP contribution in [-0.2, 0) is 16.6 Å². The van der Waals surface area contributed by atoms with Gasteiger partial charge < -0.3 is 14.5 Å². The predicted octanol–water partition coefficient (Wildman–Crippen LogP) is 3.27. The summed E-state index contributed by atoms with van der Waals surface area (Å²) < 4.78 is 13.3. The van der Waals surface area contributed by atoms with Crippen molar-refractivity contribution >= 4 is 22.7 Å². The molecule has 4 aromatic rings. The molecule has 0 unspecified atom stereocenters. The summed E-state index contributed by atoms with van der Waals surface area (Å²) in [6.07, 6.45) is 3.99. The highest BCUT2D eigenvalue weighted by Gasteiger charge is 2.36. The first-order chi connectivity index (χ1) is 13.7. The van der Waals surface area contributed by atoms with Gasteiger partial charge in [0.05, 0.1) is 18.2 Å². The third-order valence-electron chi connectivity index (χ3n) is 5.00. The number of hydrogen-bond donors (Lipinski definition) is 2. The van der Waals surface area contributed by atoms with Crippen molar-refractivity contribution in [2.24, 2.45) is 13.0 Å². The van der Waals surface area contributed by atoms with Gasteiger partial charge in [0.1, 0.15) is 11.3 Å². The minimum Gasteiger partial charge on any atom is -0.454 e. The van der Waals surface area contributed by atoms with Crippen molar-refractivity contribution in [1.82, 2.24) is 20.0 Å². The standard InChI is InChI=1S/C20H19N5O3/c1-25-11-13(10-21-25)19-14(6-7-27-19)20(26)22-18-9-15(23-24-18)17-8-12-4-2-3-5-16(12)28-17/h2-5,8-11,14,19H,6-7H2,1H3,(H2,22,23,24,26)/t14-,19+/m0/s1. The van der Waals surface area contributed by atoms with E-state index in [0.717, 1.165) is 16.5 Å². The van der Waals surface area contributed by atoms with Gasteiger partial charge in [-0.25, -0.2) is 0 Å². The van der Waals surface area contributed by atoms with Crippen LogP contribution in [0.15, 0.2) is 53.2 Å². The van der Waals surface area contributed by atoms with E-state index in [9.17, 15) is 4.79 Å². The van der Waals surface area contributed by atoms with E-state index in [1.807, 2.05) is 43.6 Å². The van der Waals surface area contributed by atoms with Crippen LogP contribution >= 0.6 is 0 Å². The van der Waals surface area contributed by atoms with E-state index in [4.69, 9.17) is 9.15 Å². The minimum absolute atomic E-state index is 0.117. The highest BCUT2D eigenvalue weighted by atomic mass is 16.5. The lowest BCUT2D eigenvalue weighted by Gasteiger charge is -2.16. The Hall–Kier alpha value is -3.39. The van der Waals surface area contributed by atoms with Gasteiger partial charge in [-0.1, -0.05) is 18.2 Å². The van der Waals surface area contributed by atoms with Gasteiger partial charge in [-0.05, 0) is 18.6 Å². The summed E-state index contributed by atoms with van der Waals surface area (Å²) in [5.41, 5.74) is 2.42. The average Bonchev–Trinajstić information content (AvgIpc) is 3.46. The largest absolute Gasteiger partial charge is 0.454 e. The van der Waals surface area contributed by atoms with Crippen molar-refractivity contribution in [3.63, 3.8) is 0 Å². The summed E-state index contributed by atoms with van der Waals surface area (Å²) in [5, 5.41) is 15.2. The van der Waals surface area contributed by atoms with Crippen LogP contribution in [-0.4, -0.2) is 32.5 Å². The maximum absolute atomic E-state index is 12.8. The number of carbonyl (C=O) groups is 1. The lowest BCUT2D eigenvalue weighted by atomic mass is 9.96. The van der Waals surface area contributed by atoms with E-state index in [-0.39, 0.29) is 17.9 Å². The van der Waals surface area contributed by atoms with Gasteiger partial charge in [-0.2, -0.15) is 10.2 Å². The Labute approximate surface area is 160 Å². The Morgan fingerprint density at radius 1 is 1.32 bits per heavy atom. The van der Waals surface area contributed by atoms with Gasteiger partial charge in [-0.15, -0.1) is 0 Å². The van der Waals surface area contributed by atoms with Crippen molar-refractivity contribution in [3.05, 3.63) is 54.4 Å². The van der Waals surface area contributed by atoms with Gasteiger partial charge in [-0.3, -0.25) is 14.6 Å². The van der Waals surface area contributed by atoms with E-state index < -0.39 is 0 Å². The Bertz CT molecular complexity index is 1110. The molecule has 1 aromatic carbocycles. The number of hydrogen-bond acceptors (Lipinski definition) is 5. The van der Waals surface area contributed by atoms with Crippen LogP contribution in [0.5, 0.6) is 0 Å². The van der Waals surface area contributed by atoms with E-state index in [1.165, 1.54) is 0 Å². The molecule has 1 aliphatic rings. The lowest BCUT2D eigenvalue weighted by molar-refractivity contribution is -0.121. The molecule has 2 atom stereocenters. The van der Waals surface area contributed by atoms with Crippen molar-refractivity contribution in [2.45, 2.75) is 12.5 Å². The molecule has 3 aromatic heterocycles. The molecule has 1 aliphatic heterocycles. The second kappa shape index (κ2) is 6.65. The quantitative estimate of drug-likeness (QED) is 0.569. The summed E-state index contributed by atoms with van der Waals surface area (Å²) in [5.74, 6) is 0.730. The van der Waals surface area contributed by atoms with E-state index in [1.54, 1.807) is 16.9 Å². The molecule has 28 heavy (non-hydrogen) atoms. The molecule has 1 amide bonds. The zero-order valence-corrected chi connectivity index (χ0v) is 15.3. The summed E-state index contributed by atoms with van der Waals surface area (Å²) in [7, 11) is 1.84. The van der Waals surface area contributed by atoms with E-state index >= 15 is 0 Å². The number of para-hydroxylation sites is 1. The van der Waals surface area contributed by atoms with Crippen LogP contribution in [0.4, 0.5) is 5.82 Å². The molecule has 0 aliphatic carbocycles. The second-order valence-electron chi connectivity index (χ2n) is 6.94. The summed E-state index contributed by atoms with van der Waals surface area (Å²) in [6, 6.07) is 11.5. The molecule has 5 rings (SSSR count). The number of anilines is 1. The molecule has 142 valence electrons. The minimum atomic E-state index is -0.289. The second-order valence-corrected chi connectivity index (χ2v) is 6.94. The number of nitrogens with one attached hydrogen (secondary N) is 2. The van der Waals surface area contributed by atoms with E-state index in [2.05, 4.69) is 20.6 Å². The number of ether oxygens (including phenoxy) is 1. The average molecular weight is 377 g/mol. The summed E-state index contributed by atoms with van der Waals surface area (Å²) in [4.78, 5) is 12.8. The van der Waals surface area contributed by atoms with Crippen LogP contribution in [0.1, 0.15) is 18.1 Å². The third kappa shape index (κ3) is 2.97. The van der Waals surface area contributed by atoms with E-state index in [0.29, 0.717) is 30.3 Å². The first-order valence-corrected chi connectivity index (χ1v) is 9.13. The van der Waals surface area contributed by atoms with Crippen molar-refractivity contribution in [2.75, 3.05) is 11.9 Å². The molecule has 1 fully saturated rings. The molecule has 0 saturated carbocycles. The van der Waals surface area contributed by atoms with Gasteiger partial charge >= 0.3 is 0 Å². The number of benzene rings is 1. The number of amides is 1. The number of aromatic nitrogens is 4. The monoisotopic (exact) mass is 377 g/mol. The van der Waals surface area contributed by atoms with Gasteiger partial charge in [0.15, 0.2) is 11.6 Å². The molecular formula is C20H19N5O3. The Balaban J connectivity index is 1.33. The molecule has 0 radical (unpaired) electrons. The fraction of sp³-hybridized carbons (Fsp3) is 0.250. The maximum Gasteiger partial charge on any atom is 0.231 e. The number of nitrogens with zero attached hydrogens (tertiary/aromatic N) is 3. The number of aromatic amines is 1. The fourth-order valence-electron chi connectivity index (χ4n) is 3.62. The van der Waals surface area contributed by atoms with Gasteiger partial charge in [0.2, 0.25) is 5.91 Å². The zero-order valence-electron chi connectivity index (χ0n) is 15.3. The number of rotatable bonds is 4.